The van der Waals surface area contributed by atoms with Gasteiger partial charge in [0.1, 0.15) is 0 Å². The standard InChI is InChI=1S/C29H31NO6/c1-4-5-9-24-26(21-7-6-8-22(21)29(34)36-3)23-15-14-20(27(31)32)16-25(23)30(24)17-18-10-12-19(13-11-18)28(33)35-2/h10-16H,4-9,17H2,1-3H3,(H,31,32). The number of aromatic nitrogens is 1. The first-order valence-corrected chi connectivity index (χ1v) is 12.3. The lowest BCUT2D eigenvalue weighted by Gasteiger charge is -2.14. The summed E-state index contributed by atoms with van der Waals surface area (Å²) in [6, 6.07) is 12.4. The summed E-state index contributed by atoms with van der Waals surface area (Å²) in [5.41, 5.74) is 6.29. The van der Waals surface area contributed by atoms with Crippen LogP contribution < -0.4 is 0 Å². The molecule has 7 nitrogen and oxygen atoms in total. The van der Waals surface area contributed by atoms with Gasteiger partial charge in [-0.3, -0.25) is 0 Å². The van der Waals surface area contributed by atoms with Crippen molar-refractivity contribution in [2.45, 2.75) is 52.0 Å². The number of unbranched alkanes of at least 4 members (excludes halogenated alkanes) is 1. The van der Waals surface area contributed by atoms with Crippen LogP contribution in [-0.4, -0.2) is 41.8 Å². The quantitative estimate of drug-likeness (QED) is 0.392. The molecule has 1 aliphatic rings. The fourth-order valence-corrected chi connectivity index (χ4v) is 5.07. The minimum Gasteiger partial charge on any atom is -0.478 e. The van der Waals surface area contributed by atoms with Gasteiger partial charge in [0.15, 0.2) is 0 Å². The molecule has 0 amide bonds. The van der Waals surface area contributed by atoms with Crippen molar-refractivity contribution in [2.24, 2.45) is 0 Å². The molecule has 188 valence electrons. The van der Waals surface area contributed by atoms with Gasteiger partial charge in [0.25, 0.3) is 0 Å². The Morgan fingerprint density at radius 1 is 0.944 bits per heavy atom. The Kier molecular flexibility index (Phi) is 7.58. The van der Waals surface area contributed by atoms with Gasteiger partial charge in [-0.15, -0.1) is 0 Å². The van der Waals surface area contributed by atoms with Crippen molar-refractivity contribution in [3.05, 3.63) is 76.0 Å². The molecule has 0 saturated carbocycles. The molecule has 0 spiro atoms. The van der Waals surface area contributed by atoms with E-state index in [2.05, 4.69) is 11.5 Å². The van der Waals surface area contributed by atoms with Crippen molar-refractivity contribution in [3.63, 3.8) is 0 Å². The number of carbonyl (C=O) groups is 3. The van der Waals surface area contributed by atoms with Crippen molar-refractivity contribution in [3.8, 4) is 0 Å². The topological polar surface area (TPSA) is 94.8 Å². The van der Waals surface area contributed by atoms with E-state index in [1.807, 2.05) is 18.2 Å². The maximum absolute atomic E-state index is 12.6. The number of hydrogen-bond donors (Lipinski definition) is 1. The lowest BCUT2D eigenvalue weighted by molar-refractivity contribution is -0.136. The van der Waals surface area contributed by atoms with Crippen molar-refractivity contribution >= 4 is 34.4 Å². The van der Waals surface area contributed by atoms with Gasteiger partial charge in [0.2, 0.25) is 0 Å². The van der Waals surface area contributed by atoms with E-state index in [9.17, 15) is 19.5 Å². The second kappa shape index (κ2) is 10.8. The Morgan fingerprint density at radius 2 is 1.64 bits per heavy atom. The summed E-state index contributed by atoms with van der Waals surface area (Å²) in [6.07, 6.45) is 5.07. The lowest BCUT2D eigenvalue weighted by Crippen LogP contribution is -2.08. The second-order valence-electron chi connectivity index (χ2n) is 9.04. The van der Waals surface area contributed by atoms with Crippen molar-refractivity contribution in [2.75, 3.05) is 14.2 Å². The van der Waals surface area contributed by atoms with E-state index in [0.717, 1.165) is 65.4 Å². The average molecular weight is 490 g/mol. The molecule has 2 aromatic carbocycles. The third-order valence-electron chi connectivity index (χ3n) is 6.85. The number of benzene rings is 2. The van der Waals surface area contributed by atoms with Crippen LogP contribution in [-0.2, 0) is 27.2 Å². The van der Waals surface area contributed by atoms with Crippen LogP contribution in [0.25, 0.3) is 16.5 Å². The van der Waals surface area contributed by atoms with Crippen LogP contribution >= 0.6 is 0 Å². The highest BCUT2D eigenvalue weighted by Gasteiger charge is 2.28. The summed E-state index contributed by atoms with van der Waals surface area (Å²) in [4.78, 5) is 36.3. The van der Waals surface area contributed by atoms with E-state index in [4.69, 9.17) is 9.47 Å². The van der Waals surface area contributed by atoms with Crippen molar-refractivity contribution in [1.29, 1.82) is 0 Å². The molecule has 4 rings (SSSR count). The summed E-state index contributed by atoms with van der Waals surface area (Å²) in [7, 11) is 2.76. The Bertz CT molecular complexity index is 1350. The highest BCUT2D eigenvalue weighted by Crippen LogP contribution is 2.42. The second-order valence-corrected chi connectivity index (χ2v) is 9.04. The number of aromatic carboxylic acids is 1. The number of esters is 2. The number of fused-ring (bicyclic) bond motifs is 1. The van der Waals surface area contributed by atoms with Gasteiger partial charge in [-0.25, -0.2) is 14.4 Å². The number of carbonyl (C=O) groups excluding carboxylic acids is 2. The number of rotatable bonds is 9. The number of nitrogens with zero attached hydrogens (tertiary/aromatic N) is 1. The van der Waals surface area contributed by atoms with Gasteiger partial charge in [-0.2, -0.15) is 0 Å². The summed E-state index contributed by atoms with van der Waals surface area (Å²) in [5, 5.41) is 10.6. The zero-order valence-electron chi connectivity index (χ0n) is 20.9. The average Bonchev–Trinajstić information content (AvgIpc) is 3.49. The first-order chi connectivity index (χ1) is 17.4. The van der Waals surface area contributed by atoms with Crippen LogP contribution in [0.1, 0.15) is 76.6 Å². The Labute approximate surface area is 210 Å². The molecule has 1 aliphatic carbocycles. The SMILES string of the molecule is CCCCc1c(C2=C(C(=O)OC)CCC2)c2ccc(C(=O)O)cc2n1Cc1ccc(C(=O)OC)cc1. The van der Waals surface area contributed by atoms with Crippen LogP contribution in [0.5, 0.6) is 0 Å². The predicted molar refractivity (Wildman–Crippen MR) is 137 cm³/mol. The Balaban J connectivity index is 1.94. The summed E-state index contributed by atoms with van der Waals surface area (Å²) in [6.45, 7) is 2.64. The monoisotopic (exact) mass is 489 g/mol. The van der Waals surface area contributed by atoms with E-state index in [0.29, 0.717) is 24.1 Å². The van der Waals surface area contributed by atoms with E-state index >= 15 is 0 Å². The molecule has 0 atom stereocenters. The molecule has 7 heteroatoms. The minimum atomic E-state index is -0.987. The summed E-state index contributed by atoms with van der Waals surface area (Å²) < 4.78 is 12.1. The number of hydrogen-bond acceptors (Lipinski definition) is 5. The van der Waals surface area contributed by atoms with Crippen LogP contribution in [0.3, 0.4) is 0 Å². The number of ether oxygens (including phenoxy) is 2. The summed E-state index contributed by atoms with van der Waals surface area (Å²) >= 11 is 0. The molecule has 0 aliphatic heterocycles. The van der Waals surface area contributed by atoms with Crippen molar-refractivity contribution in [1.82, 2.24) is 4.57 Å². The van der Waals surface area contributed by atoms with E-state index in [1.54, 1.807) is 24.3 Å². The number of methoxy groups -OCH3 is 2. The number of carboxylic acid groups (broad SMARTS) is 1. The Morgan fingerprint density at radius 3 is 2.28 bits per heavy atom. The van der Waals surface area contributed by atoms with Gasteiger partial charge in [-0.1, -0.05) is 31.5 Å². The maximum atomic E-state index is 12.6. The molecule has 0 radical (unpaired) electrons. The Hall–Kier alpha value is -3.87. The maximum Gasteiger partial charge on any atom is 0.337 e. The molecule has 0 fully saturated rings. The zero-order valence-corrected chi connectivity index (χ0v) is 20.9. The van der Waals surface area contributed by atoms with Gasteiger partial charge in [-0.05, 0) is 67.5 Å². The van der Waals surface area contributed by atoms with Crippen LogP contribution in [0.15, 0.2) is 48.0 Å². The van der Waals surface area contributed by atoms with E-state index in [1.165, 1.54) is 14.2 Å². The van der Waals surface area contributed by atoms with Crippen LogP contribution in [0.4, 0.5) is 0 Å². The zero-order chi connectivity index (χ0) is 25.8. The first kappa shape index (κ1) is 25.2. The number of allylic oxidation sites excluding steroid dienone is 1. The predicted octanol–water partition coefficient (Wildman–Crippen LogP) is 5.63. The third-order valence-corrected chi connectivity index (χ3v) is 6.85. The molecule has 0 saturated heterocycles. The molecule has 3 aromatic rings. The highest BCUT2D eigenvalue weighted by atomic mass is 16.5. The first-order valence-electron chi connectivity index (χ1n) is 12.3. The molecule has 36 heavy (non-hydrogen) atoms. The molecule has 0 bridgehead atoms. The summed E-state index contributed by atoms with van der Waals surface area (Å²) in [5.74, 6) is -1.68. The van der Waals surface area contributed by atoms with Gasteiger partial charge < -0.3 is 19.1 Å². The fourth-order valence-electron chi connectivity index (χ4n) is 5.07. The van der Waals surface area contributed by atoms with E-state index in [-0.39, 0.29) is 11.5 Å². The third kappa shape index (κ3) is 4.78. The lowest BCUT2D eigenvalue weighted by atomic mass is 9.96. The van der Waals surface area contributed by atoms with Gasteiger partial charge in [0, 0.05) is 28.8 Å². The molecular formula is C29H31NO6. The minimum absolute atomic E-state index is 0.212. The molecule has 0 unspecified atom stereocenters. The van der Waals surface area contributed by atoms with Gasteiger partial charge >= 0.3 is 17.9 Å². The normalized spacial score (nSPS) is 13.3. The molecule has 1 aromatic heterocycles. The molecule has 1 N–H and O–H groups in total. The van der Waals surface area contributed by atoms with Crippen LogP contribution in [0.2, 0.25) is 0 Å². The van der Waals surface area contributed by atoms with Gasteiger partial charge in [0.05, 0.1) is 30.9 Å². The smallest absolute Gasteiger partial charge is 0.337 e. The molecular weight excluding hydrogens is 458 g/mol. The van der Waals surface area contributed by atoms with Crippen molar-refractivity contribution < 1.29 is 29.0 Å². The van der Waals surface area contributed by atoms with Crippen LogP contribution in [0, 0.1) is 0 Å². The molecule has 1 heterocycles. The highest BCUT2D eigenvalue weighted by molar-refractivity contribution is 6.05. The number of carboxylic acids is 1. The van der Waals surface area contributed by atoms with E-state index < -0.39 is 11.9 Å². The fraction of sp³-hybridized carbons (Fsp3) is 0.345. The largest absolute Gasteiger partial charge is 0.478 e.